The quantitative estimate of drug-likeness (QED) is 0.556. The Morgan fingerprint density at radius 2 is 1.58 bits per heavy atom. The van der Waals surface area contributed by atoms with E-state index in [1.807, 2.05) is 35.2 Å². The third-order valence-corrected chi connectivity index (χ3v) is 7.65. The van der Waals surface area contributed by atoms with Gasteiger partial charge in [0.15, 0.2) is 0 Å². The lowest BCUT2D eigenvalue weighted by molar-refractivity contribution is 0.0785. The minimum absolute atomic E-state index is 0.108. The summed E-state index contributed by atoms with van der Waals surface area (Å²) in [7, 11) is -2.04. The van der Waals surface area contributed by atoms with Crippen molar-refractivity contribution in [3.63, 3.8) is 0 Å². The van der Waals surface area contributed by atoms with Crippen molar-refractivity contribution < 1.29 is 17.6 Å². The van der Waals surface area contributed by atoms with E-state index in [0.29, 0.717) is 38.3 Å². The van der Waals surface area contributed by atoms with E-state index in [1.165, 1.54) is 28.6 Å². The van der Waals surface area contributed by atoms with E-state index in [9.17, 15) is 17.6 Å². The summed E-state index contributed by atoms with van der Waals surface area (Å²) >= 11 is 0. The van der Waals surface area contributed by atoms with Gasteiger partial charge in [-0.2, -0.15) is 4.31 Å². The van der Waals surface area contributed by atoms with Crippen LogP contribution in [0, 0.1) is 5.82 Å². The highest BCUT2D eigenvalue weighted by molar-refractivity contribution is 7.89. The molecule has 8 heteroatoms. The lowest BCUT2D eigenvalue weighted by Gasteiger charge is -2.35. The molecule has 0 atom stereocenters. The zero-order valence-corrected chi connectivity index (χ0v) is 19.2. The number of benzene rings is 3. The molecule has 4 rings (SSSR count). The maximum absolute atomic E-state index is 13.2. The highest BCUT2D eigenvalue weighted by atomic mass is 32.2. The Bertz CT molecular complexity index is 1210. The summed E-state index contributed by atoms with van der Waals surface area (Å²) in [6.07, 6.45) is 0. The zero-order valence-electron chi connectivity index (χ0n) is 18.4. The van der Waals surface area contributed by atoms with Crippen LogP contribution >= 0.6 is 0 Å². The van der Waals surface area contributed by atoms with Crippen molar-refractivity contribution >= 4 is 21.6 Å². The number of piperazine rings is 1. The molecule has 33 heavy (non-hydrogen) atoms. The molecule has 1 amide bonds. The van der Waals surface area contributed by atoms with Crippen molar-refractivity contribution in [1.29, 1.82) is 0 Å². The average Bonchev–Trinajstić information content (AvgIpc) is 2.85. The molecule has 1 aliphatic heterocycles. The maximum atomic E-state index is 13.2. The van der Waals surface area contributed by atoms with Crippen molar-refractivity contribution in [3.05, 3.63) is 95.8 Å². The Hall–Kier alpha value is -3.23. The van der Waals surface area contributed by atoms with Gasteiger partial charge in [-0.25, -0.2) is 12.8 Å². The van der Waals surface area contributed by atoms with E-state index in [1.54, 1.807) is 36.2 Å². The van der Waals surface area contributed by atoms with Gasteiger partial charge in [0.05, 0.1) is 4.90 Å². The minimum atomic E-state index is -3.74. The number of carbonyl (C=O) groups is 1. The van der Waals surface area contributed by atoms with E-state index in [2.05, 4.69) is 0 Å². The molecule has 1 aliphatic rings. The van der Waals surface area contributed by atoms with Crippen LogP contribution in [0.3, 0.4) is 0 Å². The predicted molar refractivity (Wildman–Crippen MR) is 126 cm³/mol. The van der Waals surface area contributed by atoms with Gasteiger partial charge in [-0.05, 0) is 48.0 Å². The number of anilines is 1. The predicted octanol–water partition coefficient (Wildman–Crippen LogP) is 3.61. The van der Waals surface area contributed by atoms with Crippen LogP contribution in [-0.4, -0.2) is 56.8 Å². The van der Waals surface area contributed by atoms with Crippen LogP contribution in [0.5, 0.6) is 0 Å². The molecule has 0 saturated carbocycles. The molecule has 3 aromatic rings. The summed E-state index contributed by atoms with van der Waals surface area (Å²) in [6.45, 7) is 2.06. The van der Waals surface area contributed by atoms with Gasteiger partial charge in [-0.15, -0.1) is 0 Å². The number of hydrogen-bond donors (Lipinski definition) is 0. The fourth-order valence-electron chi connectivity index (χ4n) is 3.93. The second-order valence-electron chi connectivity index (χ2n) is 8.04. The lowest BCUT2D eigenvalue weighted by atomic mass is 10.1. The lowest BCUT2D eigenvalue weighted by Crippen LogP contribution is -2.48. The van der Waals surface area contributed by atoms with Crippen LogP contribution in [0.1, 0.15) is 15.9 Å². The Morgan fingerprint density at radius 1 is 0.909 bits per heavy atom. The molecule has 1 fully saturated rings. The fourth-order valence-corrected chi connectivity index (χ4v) is 5.40. The number of rotatable bonds is 6. The molecule has 0 radical (unpaired) electrons. The topological polar surface area (TPSA) is 60.9 Å². The molecule has 0 spiro atoms. The first-order valence-electron chi connectivity index (χ1n) is 10.7. The van der Waals surface area contributed by atoms with Crippen molar-refractivity contribution in [2.24, 2.45) is 0 Å². The monoisotopic (exact) mass is 467 g/mol. The van der Waals surface area contributed by atoms with Crippen molar-refractivity contribution in [3.8, 4) is 0 Å². The van der Waals surface area contributed by atoms with Crippen molar-refractivity contribution in [1.82, 2.24) is 9.21 Å². The molecule has 1 saturated heterocycles. The summed E-state index contributed by atoms with van der Waals surface area (Å²) in [5, 5.41) is 0. The summed E-state index contributed by atoms with van der Waals surface area (Å²) in [6, 6.07) is 22.0. The van der Waals surface area contributed by atoms with Gasteiger partial charge in [0.1, 0.15) is 5.82 Å². The first kappa shape index (κ1) is 22.9. The summed E-state index contributed by atoms with van der Waals surface area (Å²) < 4.78 is 41.1. The van der Waals surface area contributed by atoms with E-state index < -0.39 is 10.0 Å². The smallest absolute Gasteiger partial charge is 0.253 e. The van der Waals surface area contributed by atoms with Gasteiger partial charge in [-0.3, -0.25) is 4.79 Å². The molecule has 1 heterocycles. The van der Waals surface area contributed by atoms with Crippen LogP contribution in [0.15, 0.2) is 83.8 Å². The highest BCUT2D eigenvalue weighted by Gasteiger charge is 2.29. The minimum Gasteiger partial charge on any atom is -0.369 e. The SMILES string of the molecule is CN(Cc1ccccc1)C(=O)c1cccc(S(=O)(=O)N2CCN(c3ccc(F)cc3)CC2)c1. The van der Waals surface area contributed by atoms with Crippen LogP contribution in [0.2, 0.25) is 0 Å². The first-order chi connectivity index (χ1) is 15.8. The highest BCUT2D eigenvalue weighted by Crippen LogP contribution is 2.22. The fraction of sp³-hybridized carbons (Fsp3) is 0.240. The Morgan fingerprint density at radius 3 is 2.24 bits per heavy atom. The normalized spacial score (nSPS) is 14.8. The first-order valence-corrected chi connectivity index (χ1v) is 12.2. The van der Waals surface area contributed by atoms with Crippen molar-refractivity contribution in [2.75, 3.05) is 38.1 Å². The summed E-state index contributed by atoms with van der Waals surface area (Å²) in [4.78, 5) is 16.6. The average molecular weight is 468 g/mol. The van der Waals surface area contributed by atoms with E-state index in [0.717, 1.165) is 11.3 Å². The number of halogens is 1. The summed E-state index contributed by atoms with van der Waals surface area (Å²) in [5.41, 5.74) is 2.19. The third-order valence-electron chi connectivity index (χ3n) is 5.76. The van der Waals surface area contributed by atoms with Gasteiger partial charge < -0.3 is 9.80 Å². The van der Waals surface area contributed by atoms with Crippen LogP contribution < -0.4 is 4.90 Å². The summed E-state index contributed by atoms with van der Waals surface area (Å²) in [5.74, 6) is -0.541. The second-order valence-corrected chi connectivity index (χ2v) is 9.98. The van der Waals surface area contributed by atoms with Gasteiger partial charge in [0.25, 0.3) is 5.91 Å². The molecular formula is C25H26FN3O3S. The molecule has 172 valence electrons. The molecule has 0 N–H and O–H groups in total. The second kappa shape index (κ2) is 9.72. The van der Waals surface area contributed by atoms with Crippen LogP contribution in [0.25, 0.3) is 0 Å². The Kier molecular flexibility index (Phi) is 6.76. The molecule has 6 nitrogen and oxygen atoms in total. The van der Waals surface area contributed by atoms with Gasteiger partial charge in [0.2, 0.25) is 10.0 Å². The molecular weight excluding hydrogens is 441 g/mol. The number of carbonyl (C=O) groups excluding carboxylic acids is 1. The molecule has 0 aliphatic carbocycles. The standard InChI is InChI=1S/C25H26FN3O3S/c1-27(19-20-6-3-2-4-7-20)25(30)21-8-5-9-24(18-21)33(31,32)29-16-14-28(15-17-29)23-12-10-22(26)11-13-23/h2-13,18H,14-17,19H2,1H3. The molecule has 0 bridgehead atoms. The van der Waals surface area contributed by atoms with E-state index in [-0.39, 0.29) is 16.6 Å². The maximum Gasteiger partial charge on any atom is 0.253 e. The number of nitrogens with zero attached hydrogens (tertiary/aromatic N) is 3. The van der Waals surface area contributed by atoms with Crippen LogP contribution in [0.4, 0.5) is 10.1 Å². The molecule has 0 unspecified atom stereocenters. The van der Waals surface area contributed by atoms with E-state index in [4.69, 9.17) is 0 Å². The number of amides is 1. The van der Waals surface area contributed by atoms with E-state index >= 15 is 0 Å². The van der Waals surface area contributed by atoms with Crippen LogP contribution in [-0.2, 0) is 16.6 Å². The van der Waals surface area contributed by atoms with Crippen molar-refractivity contribution in [2.45, 2.75) is 11.4 Å². The largest absolute Gasteiger partial charge is 0.369 e. The molecule has 0 aromatic heterocycles. The van der Waals surface area contributed by atoms with Gasteiger partial charge >= 0.3 is 0 Å². The third kappa shape index (κ3) is 5.23. The number of sulfonamides is 1. The molecule has 3 aromatic carbocycles. The Labute approximate surface area is 193 Å². The zero-order chi connectivity index (χ0) is 23.4. The van der Waals surface area contributed by atoms with Gasteiger partial charge in [-0.1, -0.05) is 36.4 Å². The van der Waals surface area contributed by atoms with Gasteiger partial charge in [0, 0.05) is 51.0 Å². The number of hydrogen-bond acceptors (Lipinski definition) is 4. The Balaban J connectivity index is 1.45.